The van der Waals surface area contributed by atoms with Crippen molar-refractivity contribution >= 4 is 17.6 Å². The molecule has 2 N–H and O–H groups in total. The van der Waals surface area contributed by atoms with E-state index in [0.717, 1.165) is 24.1 Å². The molecule has 5 heteroatoms. The lowest BCUT2D eigenvalue weighted by atomic mass is 10.0. The van der Waals surface area contributed by atoms with Gasteiger partial charge in [-0.3, -0.25) is 9.69 Å². The highest BCUT2D eigenvalue weighted by Gasteiger charge is 2.23. The number of rotatable bonds is 6. The molecule has 1 unspecified atom stereocenters. The first-order chi connectivity index (χ1) is 12.5. The van der Waals surface area contributed by atoms with Gasteiger partial charge < -0.3 is 10.6 Å². The first-order valence-corrected chi connectivity index (χ1v) is 9.05. The van der Waals surface area contributed by atoms with Gasteiger partial charge in [-0.2, -0.15) is 0 Å². The summed E-state index contributed by atoms with van der Waals surface area (Å²) in [6, 6.07) is 15.8. The topological polar surface area (TPSA) is 61.4 Å². The molecule has 136 valence electrons. The molecule has 0 spiro atoms. The fourth-order valence-corrected chi connectivity index (χ4v) is 3.21. The lowest BCUT2D eigenvalue weighted by Gasteiger charge is -2.18. The summed E-state index contributed by atoms with van der Waals surface area (Å²) in [6.45, 7) is 5.26. The number of carbonyl (C=O) groups is 2. The Hall–Kier alpha value is -2.82. The lowest BCUT2D eigenvalue weighted by molar-refractivity contribution is 0.0938. The summed E-state index contributed by atoms with van der Waals surface area (Å²) >= 11 is 0. The first kappa shape index (κ1) is 18.0. The highest BCUT2D eigenvalue weighted by molar-refractivity contribution is 5.98. The molecule has 1 heterocycles. The minimum Gasteiger partial charge on any atom is -0.350 e. The van der Waals surface area contributed by atoms with E-state index in [9.17, 15) is 9.59 Å². The highest BCUT2D eigenvalue weighted by atomic mass is 16.2. The van der Waals surface area contributed by atoms with Crippen LogP contribution in [0.4, 0.5) is 10.5 Å². The zero-order chi connectivity index (χ0) is 18.5. The number of urea groups is 1. The van der Waals surface area contributed by atoms with E-state index in [4.69, 9.17) is 0 Å². The summed E-state index contributed by atoms with van der Waals surface area (Å²) in [5.41, 5.74) is 3.68. The third kappa shape index (κ3) is 4.23. The minimum atomic E-state index is -0.0835. The fourth-order valence-electron chi connectivity index (χ4n) is 3.21. The molecule has 1 fully saturated rings. The van der Waals surface area contributed by atoms with Gasteiger partial charge in [0.25, 0.3) is 5.91 Å². The van der Waals surface area contributed by atoms with Crippen molar-refractivity contribution in [3.63, 3.8) is 0 Å². The van der Waals surface area contributed by atoms with E-state index in [0.29, 0.717) is 18.7 Å². The van der Waals surface area contributed by atoms with E-state index < -0.39 is 0 Å². The maximum absolute atomic E-state index is 12.5. The monoisotopic (exact) mass is 351 g/mol. The second kappa shape index (κ2) is 8.04. The molecule has 0 aliphatic carbocycles. The molecule has 2 aromatic rings. The second-order valence-electron chi connectivity index (χ2n) is 6.78. The Morgan fingerprint density at radius 3 is 2.65 bits per heavy atom. The van der Waals surface area contributed by atoms with Crippen molar-refractivity contribution in [2.24, 2.45) is 0 Å². The largest absolute Gasteiger partial charge is 0.350 e. The highest BCUT2D eigenvalue weighted by Crippen LogP contribution is 2.23. The first-order valence-electron chi connectivity index (χ1n) is 9.05. The van der Waals surface area contributed by atoms with Gasteiger partial charge in [0, 0.05) is 30.4 Å². The second-order valence-corrected chi connectivity index (χ2v) is 6.78. The number of anilines is 1. The third-order valence-corrected chi connectivity index (χ3v) is 4.69. The van der Waals surface area contributed by atoms with Gasteiger partial charge in [-0.05, 0) is 56.0 Å². The van der Waals surface area contributed by atoms with Crippen LogP contribution in [0.2, 0.25) is 0 Å². The van der Waals surface area contributed by atoms with Crippen LogP contribution in [0.5, 0.6) is 0 Å². The number of carbonyl (C=O) groups excluding carboxylic acids is 2. The zero-order valence-electron chi connectivity index (χ0n) is 15.3. The Kier molecular flexibility index (Phi) is 5.56. The van der Waals surface area contributed by atoms with Crippen LogP contribution in [0.1, 0.15) is 34.8 Å². The predicted octanol–water partition coefficient (Wildman–Crippen LogP) is 3.28. The van der Waals surface area contributed by atoms with Crippen molar-refractivity contribution in [3.8, 4) is 0 Å². The Balaban J connectivity index is 1.59. The van der Waals surface area contributed by atoms with Crippen LogP contribution in [0, 0.1) is 6.92 Å². The molecule has 5 nitrogen and oxygen atoms in total. The van der Waals surface area contributed by atoms with Crippen molar-refractivity contribution in [1.82, 2.24) is 10.6 Å². The average molecular weight is 351 g/mol. The maximum Gasteiger partial charge on any atom is 0.322 e. The number of aryl methyl sites for hydroxylation is 2. The molecular weight excluding hydrogens is 326 g/mol. The van der Waals surface area contributed by atoms with E-state index >= 15 is 0 Å². The molecular formula is C21H25N3O2. The van der Waals surface area contributed by atoms with E-state index in [2.05, 4.69) is 22.8 Å². The molecule has 2 aromatic carbocycles. The fraction of sp³-hybridized carbons (Fsp3) is 0.333. The van der Waals surface area contributed by atoms with Gasteiger partial charge in [-0.1, -0.05) is 30.3 Å². The van der Waals surface area contributed by atoms with Crippen molar-refractivity contribution in [1.29, 1.82) is 0 Å². The van der Waals surface area contributed by atoms with Crippen molar-refractivity contribution in [2.75, 3.05) is 18.0 Å². The summed E-state index contributed by atoms with van der Waals surface area (Å²) < 4.78 is 0. The number of benzene rings is 2. The van der Waals surface area contributed by atoms with E-state index in [-0.39, 0.29) is 18.0 Å². The Labute approximate surface area is 154 Å². The smallest absolute Gasteiger partial charge is 0.322 e. The zero-order valence-corrected chi connectivity index (χ0v) is 15.3. The van der Waals surface area contributed by atoms with Crippen LogP contribution < -0.4 is 15.5 Å². The number of hydrogen-bond donors (Lipinski definition) is 2. The molecule has 1 saturated heterocycles. The summed E-state index contributed by atoms with van der Waals surface area (Å²) in [5.74, 6) is -0.0777. The number of nitrogens with zero attached hydrogens (tertiary/aromatic N) is 1. The van der Waals surface area contributed by atoms with Crippen LogP contribution in [-0.4, -0.2) is 31.1 Å². The van der Waals surface area contributed by atoms with Crippen molar-refractivity contribution in [3.05, 3.63) is 65.2 Å². The van der Waals surface area contributed by atoms with Gasteiger partial charge in [0.15, 0.2) is 0 Å². The predicted molar refractivity (Wildman–Crippen MR) is 104 cm³/mol. The summed E-state index contributed by atoms with van der Waals surface area (Å²) in [6.07, 6.45) is 1.82. The molecule has 3 rings (SSSR count). The maximum atomic E-state index is 12.5. The molecule has 1 aliphatic rings. The molecule has 0 radical (unpaired) electrons. The van der Waals surface area contributed by atoms with E-state index in [1.807, 2.05) is 44.2 Å². The van der Waals surface area contributed by atoms with Gasteiger partial charge >= 0.3 is 6.03 Å². The Morgan fingerprint density at radius 1 is 1.23 bits per heavy atom. The van der Waals surface area contributed by atoms with Crippen LogP contribution in [0.25, 0.3) is 0 Å². The van der Waals surface area contributed by atoms with Gasteiger partial charge in [-0.25, -0.2) is 4.79 Å². The standard InChI is InChI=1S/C21H25N3O2/c1-15-14-18(10-11-19(15)24-13-12-22-21(24)26)20(25)23-16(2)8-9-17-6-4-3-5-7-17/h3-7,10-11,14,16H,8-9,12-13H2,1-2H3,(H,22,26)(H,23,25). The molecule has 0 saturated carbocycles. The van der Waals surface area contributed by atoms with Crippen LogP contribution in [-0.2, 0) is 6.42 Å². The SMILES string of the molecule is Cc1cc(C(=O)NC(C)CCc2ccccc2)ccc1N1CCNC1=O. The summed E-state index contributed by atoms with van der Waals surface area (Å²) in [5, 5.41) is 5.85. The summed E-state index contributed by atoms with van der Waals surface area (Å²) in [7, 11) is 0. The normalized spacial score (nSPS) is 14.8. The molecule has 0 bridgehead atoms. The van der Waals surface area contributed by atoms with Gasteiger partial charge in [0.05, 0.1) is 0 Å². The lowest BCUT2D eigenvalue weighted by Crippen LogP contribution is -2.33. The van der Waals surface area contributed by atoms with Crippen LogP contribution in [0.3, 0.4) is 0 Å². The van der Waals surface area contributed by atoms with Crippen LogP contribution >= 0.6 is 0 Å². The van der Waals surface area contributed by atoms with Gasteiger partial charge in [0.1, 0.15) is 0 Å². The van der Waals surface area contributed by atoms with E-state index in [1.165, 1.54) is 5.56 Å². The molecule has 26 heavy (non-hydrogen) atoms. The Bertz CT molecular complexity index is 789. The third-order valence-electron chi connectivity index (χ3n) is 4.69. The average Bonchev–Trinajstić information content (AvgIpc) is 3.06. The summed E-state index contributed by atoms with van der Waals surface area (Å²) in [4.78, 5) is 26.0. The van der Waals surface area contributed by atoms with Crippen LogP contribution in [0.15, 0.2) is 48.5 Å². The molecule has 1 atom stereocenters. The number of hydrogen-bond acceptors (Lipinski definition) is 2. The molecule has 0 aromatic heterocycles. The van der Waals surface area contributed by atoms with E-state index in [1.54, 1.807) is 11.0 Å². The quantitative estimate of drug-likeness (QED) is 0.839. The molecule has 3 amide bonds. The minimum absolute atomic E-state index is 0.0777. The molecule has 1 aliphatic heterocycles. The van der Waals surface area contributed by atoms with Crippen molar-refractivity contribution in [2.45, 2.75) is 32.7 Å². The number of nitrogens with one attached hydrogen (secondary N) is 2. The van der Waals surface area contributed by atoms with Crippen molar-refractivity contribution < 1.29 is 9.59 Å². The van der Waals surface area contributed by atoms with Gasteiger partial charge in [-0.15, -0.1) is 0 Å². The van der Waals surface area contributed by atoms with Gasteiger partial charge in [0.2, 0.25) is 0 Å². The number of amides is 3. The Morgan fingerprint density at radius 2 is 2.00 bits per heavy atom.